The van der Waals surface area contributed by atoms with Gasteiger partial charge in [-0.25, -0.2) is 0 Å². The molecule has 2 aromatic rings. The summed E-state index contributed by atoms with van der Waals surface area (Å²) in [7, 11) is -8.59. The smallest absolute Gasteiger partial charge is 0.325 e. The molecular weight excluding hydrogens is 563 g/mol. The quantitative estimate of drug-likeness (QED) is 0.233. The zero-order valence-electron chi connectivity index (χ0n) is 18.4. The van der Waals surface area contributed by atoms with E-state index in [-0.39, 0.29) is 31.8 Å². The molecule has 0 aromatic heterocycles. The van der Waals surface area contributed by atoms with Crippen LogP contribution in [0.2, 0.25) is 10.0 Å². The number of carbonyl (C=O) groups excluding carboxylic acids is 2. The molecule has 2 rings (SSSR count). The second-order valence-electron chi connectivity index (χ2n) is 6.91. The minimum Gasteiger partial charge on any atom is -0.370 e. The number of rotatable bonds is 7. The Morgan fingerprint density at radius 1 is 0.833 bits per heavy atom. The van der Waals surface area contributed by atoms with Gasteiger partial charge < -0.3 is 17.2 Å². The van der Waals surface area contributed by atoms with Gasteiger partial charge in [-0.15, -0.1) is 9.35 Å². The lowest BCUT2D eigenvalue weighted by atomic mass is 9.99. The lowest BCUT2D eigenvalue weighted by molar-refractivity contribution is 0.0190. The van der Waals surface area contributed by atoms with E-state index >= 15 is 0 Å². The second kappa shape index (κ2) is 11.1. The van der Waals surface area contributed by atoms with Crippen LogP contribution in [0, 0.1) is 0 Å². The zero-order valence-corrected chi connectivity index (χ0v) is 21.5. The number of benzene rings is 2. The molecule has 0 fully saturated rings. The van der Waals surface area contributed by atoms with Crippen molar-refractivity contribution in [3.05, 3.63) is 57.6 Å². The lowest BCUT2D eigenvalue weighted by Crippen LogP contribution is -2.43. The fourth-order valence-electron chi connectivity index (χ4n) is 2.52. The van der Waals surface area contributed by atoms with Crippen LogP contribution >= 0.6 is 23.2 Å². The number of nitrogens with zero attached hydrogens (tertiary/aromatic N) is 3. The van der Waals surface area contributed by atoms with E-state index in [1.54, 1.807) is 0 Å². The highest BCUT2D eigenvalue weighted by Gasteiger charge is 2.27. The topological polar surface area (TPSA) is 227 Å². The van der Waals surface area contributed by atoms with E-state index in [1.807, 2.05) is 0 Å². The van der Waals surface area contributed by atoms with E-state index in [0.29, 0.717) is 18.1 Å². The van der Waals surface area contributed by atoms with Crippen LogP contribution in [-0.2, 0) is 28.8 Å². The molecule has 0 bridgehead atoms. The molecule has 0 atom stereocenters. The summed E-state index contributed by atoms with van der Waals surface area (Å²) in [6, 6.07) is 7.88. The predicted octanol–water partition coefficient (Wildman–Crippen LogP) is 0.613. The Morgan fingerprint density at radius 2 is 1.36 bits per heavy atom. The number of halogens is 2. The van der Waals surface area contributed by atoms with Crippen LogP contribution in [0.25, 0.3) is 11.1 Å². The molecule has 0 saturated carbocycles. The normalized spacial score (nSPS) is 12.1. The van der Waals surface area contributed by atoms with Gasteiger partial charge in [-0.3, -0.25) is 13.9 Å². The third-order valence-electron chi connectivity index (χ3n) is 3.72. The molecule has 0 aliphatic rings. The van der Waals surface area contributed by atoms with Crippen molar-refractivity contribution in [2.24, 2.45) is 27.3 Å². The van der Waals surface area contributed by atoms with E-state index in [0.717, 1.165) is 6.07 Å². The van der Waals surface area contributed by atoms with E-state index in [2.05, 4.69) is 18.7 Å². The first-order valence-corrected chi connectivity index (χ1v) is 13.6. The molecular formula is C18H18Cl2N6O8S2. The number of amides is 2. The van der Waals surface area contributed by atoms with Gasteiger partial charge in [0.2, 0.25) is 0 Å². The first-order valence-electron chi connectivity index (χ1n) is 9.17. The van der Waals surface area contributed by atoms with Crippen molar-refractivity contribution in [1.82, 2.24) is 5.06 Å². The van der Waals surface area contributed by atoms with Crippen LogP contribution in [0.1, 0.15) is 20.7 Å². The maximum atomic E-state index is 13.2. The van der Waals surface area contributed by atoms with Gasteiger partial charge in [-0.1, -0.05) is 23.2 Å². The van der Waals surface area contributed by atoms with Crippen LogP contribution in [0.5, 0.6) is 0 Å². The number of oxime groups is 1. The van der Waals surface area contributed by atoms with Crippen LogP contribution in [0.3, 0.4) is 0 Å². The number of aliphatic imine (C=N–C) groups is 1. The minimum absolute atomic E-state index is 0.0562. The molecule has 18 heteroatoms. The Balaban J connectivity index is 2.74. The Labute approximate surface area is 215 Å². The molecule has 2 amide bonds. The largest absolute Gasteiger partial charge is 0.370 e. The van der Waals surface area contributed by atoms with E-state index in [1.165, 1.54) is 30.3 Å². The Bertz CT molecular complexity index is 1470. The lowest BCUT2D eigenvalue weighted by Gasteiger charge is -2.19. The molecule has 36 heavy (non-hydrogen) atoms. The summed E-state index contributed by atoms with van der Waals surface area (Å²) in [5.41, 5.74) is 16.0. The number of hydroxylamine groups is 2. The summed E-state index contributed by atoms with van der Waals surface area (Å²) < 4.78 is 54.6. The molecule has 14 nitrogen and oxygen atoms in total. The van der Waals surface area contributed by atoms with Crippen molar-refractivity contribution in [1.29, 1.82) is 0 Å². The zero-order chi connectivity index (χ0) is 27.4. The summed E-state index contributed by atoms with van der Waals surface area (Å²) in [4.78, 5) is 29.1. The van der Waals surface area contributed by atoms with Crippen molar-refractivity contribution in [2.75, 3.05) is 12.5 Å². The third kappa shape index (κ3) is 8.65. The Hall–Kier alpha value is -3.44. The summed E-state index contributed by atoms with van der Waals surface area (Å²) in [5.74, 6) is -3.94. The van der Waals surface area contributed by atoms with Crippen LogP contribution in [0.15, 0.2) is 46.5 Å². The van der Waals surface area contributed by atoms with Crippen LogP contribution < -0.4 is 17.2 Å². The molecule has 0 aliphatic heterocycles. The van der Waals surface area contributed by atoms with Crippen molar-refractivity contribution < 1.29 is 35.0 Å². The number of guanidine groups is 2. The van der Waals surface area contributed by atoms with Crippen LogP contribution in [-0.4, -0.2) is 58.1 Å². The average Bonchev–Trinajstić information content (AvgIpc) is 2.72. The monoisotopic (exact) mass is 580 g/mol. The highest BCUT2D eigenvalue weighted by atomic mass is 35.5. The maximum absolute atomic E-state index is 13.2. The van der Waals surface area contributed by atoms with Gasteiger partial charge in [0.15, 0.2) is 5.96 Å². The van der Waals surface area contributed by atoms with Crippen molar-refractivity contribution >= 4 is 67.2 Å². The molecule has 2 aromatic carbocycles. The predicted molar refractivity (Wildman–Crippen MR) is 132 cm³/mol. The number of nitrogens with two attached hydrogens (primary N) is 3. The fourth-order valence-corrected chi connectivity index (χ4v) is 3.67. The molecule has 0 unspecified atom stereocenters. The highest BCUT2D eigenvalue weighted by Crippen LogP contribution is 2.29. The Kier molecular flexibility index (Phi) is 8.87. The van der Waals surface area contributed by atoms with Crippen LogP contribution in [0.4, 0.5) is 0 Å². The SMILES string of the molecule is CS(=O)(=O)O/N=C(\N)N(OS(C)(=O)=O)C(=O)c1cc(C(=O)N=C(N)N)cc(-c2cc(Cl)cc(Cl)c2)c1. The van der Waals surface area contributed by atoms with Gasteiger partial charge in [-0.05, 0) is 52.7 Å². The van der Waals surface area contributed by atoms with Crippen molar-refractivity contribution in [3.8, 4) is 11.1 Å². The Morgan fingerprint density at radius 3 is 1.86 bits per heavy atom. The molecule has 0 spiro atoms. The van der Waals surface area contributed by atoms with E-state index < -0.39 is 44.0 Å². The summed E-state index contributed by atoms with van der Waals surface area (Å²) in [6.07, 6.45) is 1.20. The van der Waals surface area contributed by atoms with Crippen molar-refractivity contribution in [3.63, 3.8) is 0 Å². The third-order valence-corrected chi connectivity index (χ3v) is 4.92. The van der Waals surface area contributed by atoms with Gasteiger partial charge in [0.25, 0.3) is 27.9 Å². The number of carbonyl (C=O) groups is 2. The molecule has 0 aliphatic carbocycles. The summed E-state index contributed by atoms with van der Waals surface area (Å²) in [6.45, 7) is 0. The molecule has 194 valence electrons. The molecule has 0 radical (unpaired) electrons. The van der Waals surface area contributed by atoms with Gasteiger partial charge in [0.05, 0.1) is 12.5 Å². The number of hydrogen-bond acceptors (Lipinski definition) is 9. The molecule has 6 N–H and O–H groups in total. The second-order valence-corrected chi connectivity index (χ2v) is 10.9. The fraction of sp³-hybridized carbons (Fsp3) is 0.111. The summed E-state index contributed by atoms with van der Waals surface area (Å²) in [5, 5.41) is 3.39. The van der Waals surface area contributed by atoms with E-state index in [9.17, 15) is 26.4 Å². The maximum Gasteiger partial charge on any atom is 0.325 e. The molecule has 0 heterocycles. The van der Waals surface area contributed by atoms with Gasteiger partial charge in [0.1, 0.15) is 0 Å². The highest BCUT2D eigenvalue weighted by molar-refractivity contribution is 7.86. The average molecular weight is 581 g/mol. The van der Waals surface area contributed by atoms with Gasteiger partial charge in [-0.2, -0.15) is 21.8 Å². The van der Waals surface area contributed by atoms with E-state index in [4.69, 9.17) is 40.4 Å². The molecule has 0 saturated heterocycles. The van der Waals surface area contributed by atoms with Crippen molar-refractivity contribution in [2.45, 2.75) is 0 Å². The minimum atomic E-state index is -4.41. The first kappa shape index (κ1) is 28.8. The first-order chi connectivity index (χ1) is 16.4. The summed E-state index contributed by atoms with van der Waals surface area (Å²) >= 11 is 12.1. The standard InChI is InChI=1S/C18H18Cl2N6O8S2/c1-35(29,30)33-25-18(23)26(34-36(2,31)32)16(28)12-4-9(10-6-13(19)8-14(20)7-10)3-11(5-12)15(27)24-17(21)22/h3-8H,1-2H3,(H2,23,25)(H4,21,22,24,27). The van der Waals surface area contributed by atoms with Gasteiger partial charge >= 0.3 is 10.1 Å². The number of hydrogen-bond donors (Lipinski definition) is 3. The van der Waals surface area contributed by atoms with Gasteiger partial charge in [0, 0.05) is 21.2 Å².